The fourth-order valence-corrected chi connectivity index (χ4v) is 3.68. The van der Waals surface area contributed by atoms with E-state index in [2.05, 4.69) is 6.92 Å². The molecule has 1 aliphatic carbocycles. The topological polar surface area (TPSA) is 9.23 Å². The van der Waals surface area contributed by atoms with Crippen LogP contribution in [0.2, 0.25) is 0 Å². The Labute approximate surface area is 109 Å². The third kappa shape index (κ3) is 2.43. The summed E-state index contributed by atoms with van der Waals surface area (Å²) in [5.41, 5.74) is 0. The van der Waals surface area contributed by atoms with Crippen molar-refractivity contribution in [3.8, 4) is 0 Å². The Kier molecular flexibility index (Phi) is 4.30. The molecule has 2 fully saturated rings. The minimum atomic E-state index is -0.871. The Hall–Kier alpha value is -0.180. The van der Waals surface area contributed by atoms with Gasteiger partial charge >= 0.3 is 0 Å². The zero-order valence-electron chi connectivity index (χ0n) is 11.9. The molecule has 1 nitrogen and oxygen atoms in total. The van der Waals surface area contributed by atoms with Crippen LogP contribution in [-0.4, -0.2) is 25.1 Å². The highest BCUT2D eigenvalue weighted by Gasteiger charge is 2.48. The van der Waals surface area contributed by atoms with E-state index >= 15 is 0 Å². The number of halogens is 2. The molecule has 0 aromatic carbocycles. The maximum Gasteiger partial charge on any atom is 0.129 e. The van der Waals surface area contributed by atoms with E-state index in [1.54, 1.807) is 0 Å². The van der Waals surface area contributed by atoms with Crippen molar-refractivity contribution in [3.05, 3.63) is 0 Å². The molecule has 0 bridgehead atoms. The van der Waals surface area contributed by atoms with Crippen molar-refractivity contribution in [1.82, 2.24) is 0 Å². The summed E-state index contributed by atoms with van der Waals surface area (Å²) in [6, 6.07) is 0. The molecule has 2 aliphatic rings. The number of alkyl halides is 2. The lowest BCUT2D eigenvalue weighted by Crippen LogP contribution is -2.52. The molecular weight excluding hydrogens is 234 g/mol. The van der Waals surface area contributed by atoms with E-state index in [-0.39, 0.29) is 35.7 Å². The summed E-state index contributed by atoms with van der Waals surface area (Å²) in [5, 5.41) is 0. The SMILES string of the molecule is CC(C)C(F)C1COC2C(F)C(C)CCC2C1C. The van der Waals surface area contributed by atoms with E-state index in [4.69, 9.17) is 4.74 Å². The summed E-state index contributed by atoms with van der Waals surface area (Å²) in [5.74, 6) is 0.466. The minimum Gasteiger partial charge on any atom is -0.374 e. The highest BCUT2D eigenvalue weighted by atomic mass is 19.1. The molecular formula is C15H26F2O. The van der Waals surface area contributed by atoms with Gasteiger partial charge in [-0.15, -0.1) is 0 Å². The Morgan fingerprint density at radius 2 is 1.83 bits per heavy atom. The molecule has 0 radical (unpaired) electrons. The van der Waals surface area contributed by atoms with Crippen LogP contribution in [0.5, 0.6) is 0 Å². The quantitative estimate of drug-likeness (QED) is 0.728. The predicted octanol–water partition coefficient (Wildman–Crippen LogP) is 4.02. The summed E-state index contributed by atoms with van der Waals surface area (Å²) >= 11 is 0. The molecule has 0 N–H and O–H groups in total. The number of ether oxygens (including phenoxy) is 1. The highest BCUT2D eigenvalue weighted by molar-refractivity contribution is 4.95. The van der Waals surface area contributed by atoms with Crippen molar-refractivity contribution in [2.75, 3.05) is 6.61 Å². The number of hydrogen-bond donors (Lipinski definition) is 0. The van der Waals surface area contributed by atoms with Gasteiger partial charge in [-0.3, -0.25) is 0 Å². The monoisotopic (exact) mass is 260 g/mol. The van der Waals surface area contributed by atoms with Gasteiger partial charge in [0.2, 0.25) is 0 Å². The minimum absolute atomic E-state index is 0.0151. The molecule has 18 heavy (non-hydrogen) atoms. The van der Waals surface area contributed by atoms with E-state index in [9.17, 15) is 8.78 Å². The smallest absolute Gasteiger partial charge is 0.129 e. The van der Waals surface area contributed by atoms with E-state index < -0.39 is 12.3 Å². The lowest BCUT2D eigenvalue weighted by molar-refractivity contribution is -0.162. The molecule has 7 unspecified atom stereocenters. The molecule has 2 rings (SSSR count). The number of rotatable bonds is 2. The van der Waals surface area contributed by atoms with Gasteiger partial charge in [-0.25, -0.2) is 8.78 Å². The highest BCUT2D eigenvalue weighted by Crippen LogP contribution is 2.45. The fraction of sp³-hybridized carbons (Fsp3) is 1.00. The van der Waals surface area contributed by atoms with Gasteiger partial charge in [-0.1, -0.05) is 27.7 Å². The van der Waals surface area contributed by atoms with Crippen molar-refractivity contribution in [2.24, 2.45) is 29.6 Å². The van der Waals surface area contributed by atoms with Crippen LogP contribution >= 0.6 is 0 Å². The van der Waals surface area contributed by atoms with Crippen LogP contribution < -0.4 is 0 Å². The zero-order valence-corrected chi connectivity index (χ0v) is 11.9. The Balaban J connectivity index is 2.08. The average molecular weight is 260 g/mol. The summed E-state index contributed by atoms with van der Waals surface area (Å²) < 4.78 is 34.1. The second-order valence-electron chi connectivity index (χ2n) is 6.67. The van der Waals surface area contributed by atoms with Crippen LogP contribution in [0.25, 0.3) is 0 Å². The molecule has 0 spiro atoms. The van der Waals surface area contributed by atoms with Crippen LogP contribution in [0.3, 0.4) is 0 Å². The fourth-order valence-electron chi connectivity index (χ4n) is 3.68. The van der Waals surface area contributed by atoms with Gasteiger partial charge in [0.1, 0.15) is 12.3 Å². The van der Waals surface area contributed by atoms with Crippen molar-refractivity contribution >= 4 is 0 Å². The molecule has 1 heterocycles. The van der Waals surface area contributed by atoms with E-state index in [1.165, 1.54) is 0 Å². The second kappa shape index (κ2) is 5.44. The van der Waals surface area contributed by atoms with Crippen LogP contribution in [0.1, 0.15) is 40.5 Å². The lowest BCUT2D eigenvalue weighted by Gasteiger charge is -2.48. The van der Waals surface area contributed by atoms with Crippen molar-refractivity contribution in [2.45, 2.75) is 59.0 Å². The number of fused-ring (bicyclic) bond motifs is 1. The first-order chi connectivity index (χ1) is 8.43. The first-order valence-corrected chi connectivity index (χ1v) is 7.33. The van der Waals surface area contributed by atoms with Crippen LogP contribution in [0, 0.1) is 29.6 Å². The van der Waals surface area contributed by atoms with Gasteiger partial charge in [-0.05, 0) is 36.5 Å². The maximum absolute atomic E-state index is 14.2. The first-order valence-electron chi connectivity index (χ1n) is 7.33. The van der Waals surface area contributed by atoms with Crippen LogP contribution in [0.4, 0.5) is 8.78 Å². The molecule has 106 valence electrons. The summed E-state index contributed by atoms with van der Waals surface area (Å²) in [6.07, 6.45) is -0.113. The van der Waals surface area contributed by atoms with Gasteiger partial charge in [0.25, 0.3) is 0 Å². The Bertz CT molecular complexity index is 282. The van der Waals surface area contributed by atoms with E-state index in [0.29, 0.717) is 6.61 Å². The van der Waals surface area contributed by atoms with Crippen molar-refractivity contribution < 1.29 is 13.5 Å². The molecule has 1 saturated heterocycles. The van der Waals surface area contributed by atoms with Crippen molar-refractivity contribution in [3.63, 3.8) is 0 Å². The van der Waals surface area contributed by atoms with Crippen molar-refractivity contribution in [1.29, 1.82) is 0 Å². The standard InChI is InChI=1S/C15H26F2O/c1-8(2)13(16)12-7-18-15-11(10(12)4)6-5-9(3)14(15)17/h8-15H,5-7H2,1-4H3. The van der Waals surface area contributed by atoms with Gasteiger partial charge in [0, 0.05) is 5.92 Å². The summed E-state index contributed by atoms with van der Waals surface area (Å²) in [6.45, 7) is 8.24. The first kappa shape index (κ1) is 14.2. The third-order valence-corrected chi connectivity index (χ3v) is 5.11. The van der Waals surface area contributed by atoms with Crippen LogP contribution in [-0.2, 0) is 4.74 Å². The maximum atomic E-state index is 14.2. The Morgan fingerprint density at radius 1 is 1.17 bits per heavy atom. The third-order valence-electron chi connectivity index (χ3n) is 5.11. The molecule has 1 saturated carbocycles. The lowest BCUT2D eigenvalue weighted by atomic mass is 9.67. The molecule has 0 aromatic rings. The average Bonchev–Trinajstić information content (AvgIpc) is 2.33. The summed E-state index contributed by atoms with van der Waals surface area (Å²) in [4.78, 5) is 0. The Morgan fingerprint density at radius 3 is 2.44 bits per heavy atom. The van der Waals surface area contributed by atoms with Gasteiger partial charge in [0.15, 0.2) is 0 Å². The zero-order chi connectivity index (χ0) is 13.4. The van der Waals surface area contributed by atoms with Gasteiger partial charge < -0.3 is 4.74 Å². The molecule has 3 heteroatoms. The largest absolute Gasteiger partial charge is 0.374 e. The molecule has 0 amide bonds. The van der Waals surface area contributed by atoms with Gasteiger partial charge in [-0.2, -0.15) is 0 Å². The van der Waals surface area contributed by atoms with Crippen LogP contribution in [0.15, 0.2) is 0 Å². The predicted molar refractivity (Wildman–Crippen MR) is 68.9 cm³/mol. The van der Waals surface area contributed by atoms with Gasteiger partial charge in [0.05, 0.1) is 12.7 Å². The summed E-state index contributed by atoms with van der Waals surface area (Å²) in [7, 11) is 0. The van der Waals surface area contributed by atoms with E-state index in [1.807, 2.05) is 20.8 Å². The molecule has 7 atom stereocenters. The number of hydrogen-bond acceptors (Lipinski definition) is 1. The molecule has 1 aliphatic heterocycles. The second-order valence-corrected chi connectivity index (χ2v) is 6.67. The molecule has 0 aromatic heterocycles. The normalized spacial score (nSPS) is 46.8. The van der Waals surface area contributed by atoms with E-state index in [0.717, 1.165) is 12.8 Å².